The molecule has 2 aromatic carbocycles. The Labute approximate surface area is 140 Å². The van der Waals surface area contributed by atoms with E-state index in [9.17, 15) is 25.0 Å². The lowest BCUT2D eigenvalue weighted by Crippen LogP contribution is -2.28. The van der Waals surface area contributed by atoms with Gasteiger partial charge < -0.3 is 0 Å². The van der Waals surface area contributed by atoms with Crippen molar-refractivity contribution in [3.63, 3.8) is 0 Å². The maximum atomic E-state index is 12.3. The second kappa shape index (κ2) is 6.28. The maximum Gasteiger partial charge on any atom is 0.293 e. The third kappa shape index (κ3) is 2.81. The predicted molar refractivity (Wildman–Crippen MR) is 88.9 cm³/mol. The van der Waals surface area contributed by atoms with Gasteiger partial charge in [-0.25, -0.2) is 0 Å². The quantitative estimate of drug-likeness (QED) is 0.622. The molecule has 122 valence electrons. The number of nitro groups is 2. The van der Waals surface area contributed by atoms with E-state index in [0.29, 0.717) is 5.56 Å². The topological polar surface area (TPSA) is 107 Å². The molecule has 24 heavy (non-hydrogen) atoms. The zero-order chi connectivity index (χ0) is 17.3. The molecule has 1 fully saturated rings. The molecule has 1 saturated heterocycles. The zero-order valence-corrected chi connectivity index (χ0v) is 13.0. The molecule has 1 aliphatic heterocycles. The van der Waals surface area contributed by atoms with Crippen molar-refractivity contribution in [2.75, 3.05) is 10.7 Å². The lowest BCUT2D eigenvalue weighted by molar-refractivity contribution is -0.384. The highest BCUT2D eigenvalue weighted by molar-refractivity contribution is 8.00. The van der Waals surface area contributed by atoms with Crippen LogP contribution in [0.15, 0.2) is 48.5 Å². The van der Waals surface area contributed by atoms with Crippen molar-refractivity contribution in [2.45, 2.75) is 5.37 Å². The van der Waals surface area contributed by atoms with Gasteiger partial charge in [0.05, 0.1) is 15.6 Å². The van der Waals surface area contributed by atoms with Gasteiger partial charge in [0.15, 0.2) is 0 Å². The molecule has 0 saturated carbocycles. The van der Waals surface area contributed by atoms with Crippen LogP contribution in [-0.4, -0.2) is 21.5 Å². The Balaban J connectivity index is 2.01. The highest BCUT2D eigenvalue weighted by atomic mass is 32.2. The van der Waals surface area contributed by atoms with E-state index in [2.05, 4.69) is 0 Å². The molecule has 1 unspecified atom stereocenters. The number of nitro benzene ring substituents is 2. The van der Waals surface area contributed by atoms with Crippen molar-refractivity contribution in [1.82, 2.24) is 0 Å². The fourth-order valence-electron chi connectivity index (χ4n) is 2.51. The fraction of sp³-hybridized carbons (Fsp3) is 0.133. The van der Waals surface area contributed by atoms with E-state index < -0.39 is 15.2 Å². The van der Waals surface area contributed by atoms with E-state index in [1.807, 2.05) is 0 Å². The molecular weight excluding hydrogens is 334 g/mol. The molecule has 1 heterocycles. The van der Waals surface area contributed by atoms with Crippen LogP contribution in [-0.2, 0) is 4.79 Å². The standard InChI is InChI=1S/C15H11N3O5S/c19-14-9-24-15(10-5-7-11(8-6-10)17(20)21)16(14)12-3-1-2-4-13(12)18(22)23/h1-8,15H,9H2. The Morgan fingerprint density at radius 3 is 2.29 bits per heavy atom. The first kappa shape index (κ1) is 15.9. The molecule has 1 atom stereocenters. The molecule has 3 rings (SSSR count). The fourth-order valence-corrected chi connectivity index (χ4v) is 3.68. The normalized spacial score (nSPS) is 17.1. The molecule has 0 spiro atoms. The van der Waals surface area contributed by atoms with Crippen molar-refractivity contribution < 1.29 is 14.6 Å². The zero-order valence-electron chi connectivity index (χ0n) is 12.2. The molecule has 9 heteroatoms. The smallest absolute Gasteiger partial charge is 0.289 e. The number of rotatable bonds is 4. The van der Waals surface area contributed by atoms with Crippen LogP contribution in [0.25, 0.3) is 0 Å². The average molecular weight is 345 g/mol. The Hall–Kier alpha value is -2.94. The number of non-ortho nitro benzene ring substituents is 1. The first-order chi connectivity index (χ1) is 11.5. The summed E-state index contributed by atoms with van der Waals surface area (Å²) in [6.45, 7) is 0. The Morgan fingerprint density at radius 2 is 1.67 bits per heavy atom. The summed E-state index contributed by atoms with van der Waals surface area (Å²) in [6, 6.07) is 11.9. The molecular formula is C15H11N3O5S. The number of carbonyl (C=O) groups excluding carboxylic acids is 1. The van der Waals surface area contributed by atoms with Gasteiger partial charge in [-0.1, -0.05) is 12.1 Å². The number of amides is 1. The van der Waals surface area contributed by atoms with E-state index in [-0.39, 0.29) is 28.7 Å². The van der Waals surface area contributed by atoms with Crippen LogP contribution >= 0.6 is 11.8 Å². The summed E-state index contributed by atoms with van der Waals surface area (Å²) in [7, 11) is 0. The van der Waals surface area contributed by atoms with Crippen LogP contribution < -0.4 is 4.90 Å². The number of anilines is 1. The highest BCUT2D eigenvalue weighted by Crippen LogP contribution is 2.44. The number of carbonyl (C=O) groups is 1. The molecule has 8 nitrogen and oxygen atoms in total. The predicted octanol–water partition coefficient (Wildman–Crippen LogP) is 3.28. The van der Waals surface area contributed by atoms with Crippen molar-refractivity contribution in [3.8, 4) is 0 Å². The molecule has 0 bridgehead atoms. The van der Waals surface area contributed by atoms with E-state index in [1.165, 1.54) is 47.0 Å². The lowest BCUT2D eigenvalue weighted by atomic mass is 10.1. The van der Waals surface area contributed by atoms with E-state index in [0.717, 1.165) is 0 Å². The summed E-state index contributed by atoms with van der Waals surface area (Å²) < 4.78 is 0. The minimum atomic E-state index is -0.529. The van der Waals surface area contributed by atoms with Crippen LogP contribution in [0.2, 0.25) is 0 Å². The Bertz CT molecular complexity index is 824. The number of hydrogen-bond acceptors (Lipinski definition) is 6. The van der Waals surface area contributed by atoms with Gasteiger partial charge >= 0.3 is 0 Å². The van der Waals surface area contributed by atoms with E-state index >= 15 is 0 Å². The minimum Gasteiger partial charge on any atom is -0.289 e. The minimum absolute atomic E-state index is 0.0506. The van der Waals surface area contributed by atoms with E-state index in [1.54, 1.807) is 18.2 Å². The maximum absolute atomic E-state index is 12.3. The second-order valence-corrected chi connectivity index (χ2v) is 6.09. The van der Waals surface area contributed by atoms with Crippen LogP contribution in [0.1, 0.15) is 10.9 Å². The third-order valence-electron chi connectivity index (χ3n) is 3.59. The van der Waals surface area contributed by atoms with Gasteiger partial charge in [-0.3, -0.25) is 29.9 Å². The largest absolute Gasteiger partial charge is 0.293 e. The molecule has 0 radical (unpaired) electrons. The first-order valence-electron chi connectivity index (χ1n) is 6.90. The molecule has 0 N–H and O–H groups in total. The summed E-state index contributed by atoms with van der Waals surface area (Å²) in [5, 5.41) is 21.5. The number of benzene rings is 2. The number of nitrogens with zero attached hydrogens (tertiary/aromatic N) is 3. The summed E-state index contributed by atoms with van der Waals surface area (Å²) in [4.78, 5) is 34.6. The van der Waals surface area contributed by atoms with Gasteiger partial charge in [0.2, 0.25) is 5.91 Å². The summed E-state index contributed by atoms with van der Waals surface area (Å²) in [5.74, 6) is -0.0501. The molecule has 0 aliphatic carbocycles. The van der Waals surface area contributed by atoms with Gasteiger partial charge in [0, 0.05) is 18.2 Å². The molecule has 1 amide bonds. The number of thioether (sulfide) groups is 1. The van der Waals surface area contributed by atoms with Crippen LogP contribution in [0.4, 0.5) is 17.1 Å². The lowest BCUT2D eigenvalue weighted by Gasteiger charge is -2.23. The second-order valence-electron chi connectivity index (χ2n) is 5.02. The highest BCUT2D eigenvalue weighted by Gasteiger charge is 2.37. The summed E-state index contributed by atoms with van der Waals surface area (Å²) >= 11 is 1.33. The Kier molecular flexibility index (Phi) is 4.17. The molecule has 0 aromatic heterocycles. The van der Waals surface area contributed by atoms with Crippen molar-refractivity contribution in [2.24, 2.45) is 0 Å². The SMILES string of the molecule is O=C1CSC(c2ccc([N+](=O)[O-])cc2)N1c1ccccc1[N+](=O)[O-]. The monoisotopic (exact) mass is 345 g/mol. The summed E-state index contributed by atoms with van der Waals surface area (Å²) in [5.41, 5.74) is 0.695. The van der Waals surface area contributed by atoms with Gasteiger partial charge in [-0.15, -0.1) is 11.8 Å². The van der Waals surface area contributed by atoms with Crippen LogP contribution in [0.3, 0.4) is 0 Å². The van der Waals surface area contributed by atoms with Gasteiger partial charge in [0.1, 0.15) is 11.1 Å². The molecule has 2 aromatic rings. The Morgan fingerprint density at radius 1 is 1.00 bits per heavy atom. The average Bonchev–Trinajstić information content (AvgIpc) is 2.96. The summed E-state index contributed by atoms with van der Waals surface area (Å²) in [6.07, 6.45) is 0. The van der Waals surface area contributed by atoms with Crippen molar-refractivity contribution in [3.05, 3.63) is 74.3 Å². The van der Waals surface area contributed by atoms with E-state index in [4.69, 9.17) is 0 Å². The number of para-hydroxylation sites is 2. The van der Waals surface area contributed by atoms with Crippen LogP contribution in [0.5, 0.6) is 0 Å². The molecule has 1 aliphatic rings. The van der Waals surface area contributed by atoms with Gasteiger partial charge in [-0.2, -0.15) is 0 Å². The van der Waals surface area contributed by atoms with Crippen molar-refractivity contribution >= 4 is 34.7 Å². The van der Waals surface area contributed by atoms with Gasteiger partial charge in [0.25, 0.3) is 11.4 Å². The van der Waals surface area contributed by atoms with Crippen molar-refractivity contribution in [1.29, 1.82) is 0 Å². The van der Waals surface area contributed by atoms with Gasteiger partial charge in [-0.05, 0) is 23.8 Å². The van der Waals surface area contributed by atoms with Crippen LogP contribution in [0, 0.1) is 20.2 Å². The number of hydrogen-bond donors (Lipinski definition) is 0. The first-order valence-corrected chi connectivity index (χ1v) is 7.95. The third-order valence-corrected chi connectivity index (χ3v) is 4.81.